The Morgan fingerprint density at radius 2 is 1.89 bits per heavy atom. The molecule has 0 aliphatic rings. The normalized spacial score (nSPS) is 10.5. The van der Waals surface area contributed by atoms with Crippen LogP contribution >= 0.6 is 0 Å². The number of nitro benzene ring substituents is 1. The summed E-state index contributed by atoms with van der Waals surface area (Å²) in [7, 11) is 1.46. The number of hydrogen-bond donors (Lipinski definition) is 1. The van der Waals surface area contributed by atoms with Crippen LogP contribution in [0.1, 0.15) is 29.8 Å². The van der Waals surface area contributed by atoms with Gasteiger partial charge in [0, 0.05) is 11.6 Å². The van der Waals surface area contributed by atoms with E-state index in [4.69, 9.17) is 14.2 Å². The van der Waals surface area contributed by atoms with E-state index < -0.39 is 10.8 Å². The lowest BCUT2D eigenvalue weighted by molar-refractivity contribution is -0.385. The lowest BCUT2D eigenvalue weighted by Crippen LogP contribution is -2.18. The summed E-state index contributed by atoms with van der Waals surface area (Å²) in [5, 5.41) is 15.3. The Hall–Kier alpha value is -3.62. The second-order valence-corrected chi connectivity index (χ2v) is 5.39. The van der Waals surface area contributed by atoms with Gasteiger partial charge >= 0.3 is 5.69 Å². The minimum absolute atomic E-state index is 0.0598. The van der Waals surface area contributed by atoms with Crippen LogP contribution in [0.15, 0.2) is 41.5 Å². The molecule has 0 fully saturated rings. The van der Waals surface area contributed by atoms with Crippen molar-refractivity contribution >= 4 is 17.8 Å². The summed E-state index contributed by atoms with van der Waals surface area (Å²) >= 11 is 0. The van der Waals surface area contributed by atoms with Gasteiger partial charge in [-0.1, -0.05) is 12.1 Å². The Morgan fingerprint density at radius 1 is 1.18 bits per heavy atom. The quantitative estimate of drug-likeness (QED) is 0.402. The molecule has 9 heteroatoms. The van der Waals surface area contributed by atoms with Crippen molar-refractivity contribution in [3.8, 4) is 17.2 Å². The Morgan fingerprint density at radius 3 is 2.54 bits per heavy atom. The zero-order chi connectivity index (χ0) is 20.5. The van der Waals surface area contributed by atoms with E-state index in [1.807, 2.05) is 0 Å². The zero-order valence-electron chi connectivity index (χ0n) is 15.8. The predicted octanol–water partition coefficient (Wildman–Crippen LogP) is 3.16. The smallest absolute Gasteiger partial charge is 0.315 e. The number of hydrazone groups is 1. The summed E-state index contributed by atoms with van der Waals surface area (Å²) in [4.78, 5) is 23.1. The van der Waals surface area contributed by atoms with Crippen LogP contribution in [0.5, 0.6) is 17.2 Å². The fourth-order valence-corrected chi connectivity index (χ4v) is 2.43. The molecule has 2 aromatic rings. The van der Waals surface area contributed by atoms with Crippen LogP contribution in [0.3, 0.4) is 0 Å². The average molecular weight is 387 g/mol. The summed E-state index contributed by atoms with van der Waals surface area (Å²) in [6, 6.07) is 9.55. The van der Waals surface area contributed by atoms with E-state index in [2.05, 4.69) is 10.5 Å². The largest absolute Gasteiger partial charge is 0.496 e. The van der Waals surface area contributed by atoms with Gasteiger partial charge in [-0.3, -0.25) is 14.9 Å². The zero-order valence-corrected chi connectivity index (χ0v) is 15.8. The number of nitro groups is 1. The van der Waals surface area contributed by atoms with Crippen LogP contribution in [0.2, 0.25) is 0 Å². The highest BCUT2D eigenvalue weighted by Gasteiger charge is 2.22. The molecule has 28 heavy (non-hydrogen) atoms. The molecule has 0 spiro atoms. The van der Waals surface area contributed by atoms with Gasteiger partial charge < -0.3 is 14.2 Å². The van der Waals surface area contributed by atoms with Gasteiger partial charge in [0.2, 0.25) is 5.75 Å². The van der Waals surface area contributed by atoms with Gasteiger partial charge in [-0.2, -0.15) is 5.10 Å². The number of benzene rings is 2. The van der Waals surface area contributed by atoms with Crippen LogP contribution < -0.4 is 19.6 Å². The first-order valence-corrected chi connectivity index (χ1v) is 8.56. The number of hydrogen-bond acceptors (Lipinski definition) is 7. The van der Waals surface area contributed by atoms with E-state index in [0.29, 0.717) is 23.5 Å². The molecule has 2 rings (SSSR count). The number of nitrogens with zero attached hydrogens (tertiary/aromatic N) is 2. The second-order valence-electron chi connectivity index (χ2n) is 5.39. The maximum atomic E-state index is 12.2. The average Bonchev–Trinajstić information content (AvgIpc) is 2.69. The number of carbonyl (C=O) groups is 1. The highest BCUT2D eigenvalue weighted by atomic mass is 16.6. The third-order valence-corrected chi connectivity index (χ3v) is 3.57. The minimum atomic E-state index is -0.557. The number of methoxy groups -OCH3 is 1. The maximum Gasteiger partial charge on any atom is 0.315 e. The molecule has 1 N–H and O–H groups in total. The lowest BCUT2D eigenvalue weighted by atomic mass is 10.2. The van der Waals surface area contributed by atoms with Crippen LogP contribution in [-0.2, 0) is 0 Å². The molecule has 0 bridgehead atoms. The van der Waals surface area contributed by atoms with E-state index in [-0.39, 0.29) is 23.8 Å². The molecule has 0 saturated carbocycles. The Kier molecular flexibility index (Phi) is 7.32. The number of rotatable bonds is 9. The Balaban J connectivity index is 2.27. The SMILES string of the molecule is CCOc1cc(/C=N/NC(=O)c2ccccc2OC)cc([N+](=O)[O-])c1OCC. The van der Waals surface area contributed by atoms with Gasteiger partial charge in [0.15, 0.2) is 5.75 Å². The molecule has 0 aromatic heterocycles. The third kappa shape index (κ3) is 4.97. The molecule has 0 radical (unpaired) electrons. The lowest BCUT2D eigenvalue weighted by Gasteiger charge is -2.11. The topological polar surface area (TPSA) is 112 Å². The molecule has 0 aliphatic heterocycles. The van der Waals surface area contributed by atoms with Gasteiger partial charge in [0.05, 0.1) is 37.0 Å². The molecule has 0 aliphatic carbocycles. The third-order valence-electron chi connectivity index (χ3n) is 3.57. The second kappa shape index (κ2) is 9.91. The van der Waals surface area contributed by atoms with Gasteiger partial charge in [-0.25, -0.2) is 5.43 Å². The van der Waals surface area contributed by atoms with Crippen LogP contribution in [0, 0.1) is 10.1 Å². The Bertz CT molecular complexity index is 882. The number of carbonyl (C=O) groups excluding carboxylic acids is 1. The fraction of sp³-hybridized carbons (Fsp3) is 0.263. The molecule has 1 amide bonds. The molecule has 0 unspecified atom stereocenters. The molecule has 148 valence electrons. The first kappa shape index (κ1) is 20.7. The predicted molar refractivity (Wildman–Crippen MR) is 103 cm³/mol. The molecule has 9 nitrogen and oxygen atoms in total. The summed E-state index contributed by atoms with van der Waals surface area (Å²) in [6.07, 6.45) is 1.29. The van der Waals surface area contributed by atoms with E-state index in [1.54, 1.807) is 44.2 Å². The molecule has 2 aromatic carbocycles. The Labute approximate surface area is 162 Å². The van der Waals surface area contributed by atoms with E-state index in [9.17, 15) is 14.9 Å². The number of nitrogens with one attached hydrogen (secondary N) is 1. The molecular formula is C19H21N3O6. The number of ether oxygens (including phenoxy) is 3. The van der Waals surface area contributed by atoms with Crippen molar-refractivity contribution in [2.45, 2.75) is 13.8 Å². The van der Waals surface area contributed by atoms with Gasteiger partial charge in [0.25, 0.3) is 5.91 Å². The van der Waals surface area contributed by atoms with Crippen LogP contribution in [-0.4, -0.2) is 37.4 Å². The van der Waals surface area contributed by atoms with Crippen molar-refractivity contribution in [1.29, 1.82) is 0 Å². The van der Waals surface area contributed by atoms with Gasteiger partial charge in [-0.05, 0) is 32.0 Å². The molecular weight excluding hydrogens is 366 g/mol. The summed E-state index contributed by atoms with van der Waals surface area (Å²) in [5.74, 6) is 0.227. The van der Waals surface area contributed by atoms with Crippen molar-refractivity contribution < 1.29 is 23.9 Å². The summed E-state index contributed by atoms with van der Waals surface area (Å²) < 4.78 is 16.0. The first-order valence-electron chi connectivity index (χ1n) is 8.56. The van der Waals surface area contributed by atoms with Gasteiger partial charge in [-0.15, -0.1) is 0 Å². The van der Waals surface area contributed by atoms with Crippen LogP contribution in [0.25, 0.3) is 0 Å². The van der Waals surface area contributed by atoms with E-state index in [0.717, 1.165) is 0 Å². The van der Waals surface area contributed by atoms with Crippen molar-refractivity contribution in [1.82, 2.24) is 5.43 Å². The standard InChI is InChI=1S/C19H21N3O6/c1-4-27-17-11-13(10-15(22(24)25)18(17)28-5-2)12-20-21-19(23)14-8-6-7-9-16(14)26-3/h6-12H,4-5H2,1-3H3,(H,21,23)/b20-12+. The summed E-state index contributed by atoms with van der Waals surface area (Å²) in [5.41, 5.74) is 2.81. The van der Waals surface area contributed by atoms with E-state index >= 15 is 0 Å². The van der Waals surface area contributed by atoms with Crippen LogP contribution in [0.4, 0.5) is 5.69 Å². The number of amides is 1. The highest BCUT2D eigenvalue weighted by Crippen LogP contribution is 2.38. The monoisotopic (exact) mass is 387 g/mol. The number of para-hydroxylation sites is 1. The molecule has 0 saturated heterocycles. The summed E-state index contributed by atoms with van der Waals surface area (Å²) in [6.45, 7) is 4.05. The highest BCUT2D eigenvalue weighted by molar-refractivity contribution is 5.97. The van der Waals surface area contributed by atoms with E-state index in [1.165, 1.54) is 19.4 Å². The fourth-order valence-electron chi connectivity index (χ4n) is 2.43. The molecule has 0 heterocycles. The van der Waals surface area contributed by atoms with Crippen molar-refractivity contribution in [2.75, 3.05) is 20.3 Å². The van der Waals surface area contributed by atoms with Gasteiger partial charge in [0.1, 0.15) is 5.75 Å². The maximum absolute atomic E-state index is 12.2. The van der Waals surface area contributed by atoms with Crippen molar-refractivity contribution in [2.24, 2.45) is 5.10 Å². The van der Waals surface area contributed by atoms with Crippen molar-refractivity contribution in [3.05, 3.63) is 57.6 Å². The first-order chi connectivity index (χ1) is 13.5. The molecule has 0 atom stereocenters. The minimum Gasteiger partial charge on any atom is -0.496 e. The van der Waals surface area contributed by atoms with Crippen molar-refractivity contribution in [3.63, 3.8) is 0 Å².